The predicted octanol–water partition coefficient (Wildman–Crippen LogP) is 1.94. The first-order valence-corrected chi connectivity index (χ1v) is 10.1. The molecule has 0 spiro atoms. The zero-order valence-corrected chi connectivity index (χ0v) is 17.4. The van der Waals surface area contributed by atoms with Crippen molar-refractivity contribution in [3.63, 3.8) is 0 Å². The zero-order chi connectivity index (χ0) is 23.3. The molecular formula is C20H25F3N4O5. The maximum absolute atomic E-state index is 12.4. The minimum Gasteiger partial charge on any atom is -0.475 e. The van der Waals surface area contributed by atoms with Crippen molar-refractivity contribution in [3.8, 4) is 0 Å². The number of nitrogens with zero attached hydrogens (tertiary/aromatic N) is 3. The maximum Gasteiger partial charge on any atom is 0.490 e. The fourth-order valence-electron chi connectivity index (χ4n) is 3.82. The summed E-state index contributed by atoms with van der Waals surface area (Å²) >= 11 is 0. The topological polar surface area (TPSA) is 110 Å². The third kappa shape index (κ3) is 6.57. The van der Waals surface area contributed by atoms with E-state index in [1.54, 1.807) is 6.26 Å². The number of halogens is 3. The van der Waals surface area contributed by atoms with E-state index in [0.29, 0.717) is 12.5 Å². The average Bonchev–Trinajstić information content (AvgIpc) is 3.46. The first-order chi connectivity index (χ1) is 15.1. The van der Waals surface area contributed by atoms with Crippen LogP contribution in [0.1, 0.15) is 24.2 Å². The number of aryl methyl sites for hydroxylation is 1. The lowest BCUT2D eigenvalue weighted by atomic mass is 9.91. The molecule has 2 aliphatic heterocycles. The Morgan fingerprint density at radius 1 is 1.38 bits per heavy atom. The molecule has 0 aromatic carbocycles. The van der Waals surface area contributed by atoms with Crippen LogP contribution in [0, 0.1) is 5.92 Å². The molecule has 2 N–H and O–H groups in total. The van der Waals surface area contributed by atoms with Crippen LogP contribution in [0.5, 0.6) is 0 Å². The smallest absolute Gasteiger partial charge is 0.475 e. The van der Waals surface area contributed by atoms with Gasteiger partial charge in [0.2, 0.25) is 5.91 Å². The largest absolute Gasteiger partial charge is 0.490 e. The molecule has 9 nitrogen and oxygen atoms in total. The van der Waals surface area contributed by atoms with Crippen LogP contribution in [0.2, 0.25) is 0 Å². The van der Waals surface area contributed by atoms with E-state index >= 15 is 0 Å². The molecule has 0 aliphatic carbocycles. The molecule has 4 rings (SSSR count). The molecule has 1 amide bonds. The lowest BCUT2D eigenvalue weighted by Crippen LogP contribution is -2.42. The highest BCUT2D eigenvalue weighted by atomic mass is 19.4. The predicted molar refractivity (Wildman–Crippen MR) is 104 cm³/mol. The van der Waals surface area contributed by atoms with E-state index in [1.807, 2.05) is 36.3 Å². The Hall–Kier alpha value is -2.86. The highest BCUT2D eigenvalue weighted by molar-refractivity contribution is 5.81. The number of carboxylic acids is 1. The number of carbonyl (C=O) groups is 2. The van der Waals surface area contributed by atoms with Gasteiger partial charge in [-0.2, -0.15) is 18.3 Å². The van der Waals surface area contributed by atoms with Gasteiger partial charge in [0.05, 0.1) is 25.1 Å². The molecule has 2 aromatic rings. The first kappa shape index (κ1) is 23.8. The summed E-state index contributed by atoms with van der Waals surface area (Å²) in [6.45, 7) is 3.21. The van der Waals surface area contributed by atoms with E-state index < -0.39 is 12.1 Å². The molecule has 176 valence electrons. The number of aromatic nitrogens is 2. The molecule has 0 radical (unpaired) electrons. The normalized spacial score (nSPS) is 23.2. The van der Waals surface area contributed by atoms with Gasteiger partial charge in [0, 0.05) is 31.9 Å². The number of furan rings is 1. The van der Waals surface area contributed by atoms with Crippen molar-refractivity contribution < 1.29 is 37.0 Å². The van der Waals surface area contributed by atoms with Gasteiger partial charge in [0.1, 0.15) is 11.9 Å². The number of carbonyl (C=O) groups excluding carboxylic acids is 1. The van der Waals surface area contributed by atoms with E-state index in [2.05, 4.69) is 15.3 Å². The van der Waals surface area contributed by atoms with Crippen molar-refractivity contribution in [2.24, 2.45) is 13.0 Å². The first-order valence-electron chi connectivity index (χ1n) is 10.1. The number of hydrogen-bond donors (Lipinski definition) is 2. The van der Waals surface area contributed by atoms with Gasteiger partial charge in [-0.3, -0.25) is 14.4 Å². The van der Waals surface area contributed by atoms with E-state index in [4.69, 9.17) is 19.1 Å². The van der Waals surface area contributed by atoms with E-state index in [-0.39, 0.29) is 18.1 Å². The van der Waals surface area contributed by atoms with Crippen LogP contribution in [0.25, 0.3) is 0 Å². The number of likely N-dealkylation sites (tertiary alicyclic amines) is 1. The molecule has 2 aromatic heterocycles. The number of aliphatic carboxylic acids is 1. The molecule has 0 saturated carbocycles. The summed E-state index contributed by atoms with van der Waals surface area (Å²) in [4.78, 5) is 23.6. The maximum atomic E-state index is 12.4. The second-order valence-corrected chi connectivity index (χ2v) is 7.81. The van der Waals surface area contributed by atoms with Crippen LogP contribution >= 0.6 is 0 Å². The number of fused-ring (bicyclic) bond motifs is 1. The van der Waals surface area contributed by atoms with Crippen LogP contribution in [-0.2, 0) is 34.5 Å². The van der Waals surface area contributed by atoms with Crippen molar-refractivity contribution in [2.75, 3.05) is 13.1 Å². The molecule has 12 heteroatoms. The van der Waals surface area contributed by atoms with Gasteiger partial charge in [-0.25, -0.2) is 4.79 Å². The Bertz CT molecular complexity index is 899. The summed E-state index contributed by atoms with van der Waals surface area (Å²) in [7, 11) is 1.93. The number of carboxylic acid groups (broad SMARTS) is 1. The molecule has 32 heavy (non-hydrogen) atoms. The third-order valence-corrected chi connectivity index (χ3v) is 5.35. The van der Waals surface area contributed by atoms with Crippen LogP contribution in [0.15, 0.2) is 35.2 Å². The number of hydrogen-bond acceptors (Lipinski definition) is 6. The summed E-state index contributed by atoms with van der Waals surface area (Å²) in [6, 6.07) is 3.67. The molecule has 2 aliphatic rings. The van der Waals surface area contributed by atoms with Crippen LogP contribution in [-0.4, -0.2) is 63.1 Å². The van der Waals surface area contributed by atoms with Crippen molar-refractivity contribution in [3.05, 3.63) is 42.1 Å². The lowest BCUT2D eigenvalue weighted by molar-refractivity contribution is -0.192. The second kappa shape index (κ2) is 10.2. The second-order valence-electron chi connectivity index (χ2n) is 7.81. The fraction of sp³-hybridized carbons (Fsp3) is 0.550. The number of alkyl halides is 3. The SMILES string of the molecule is Cn1cc(CN2CC[C@H]3C[C@H](C(=O)NCc4ccco4)O[C@@H]3C2)cn1.O=C(O)C(F)(F)F. The standard InChI is InChI=1S/C18H24N4O3.C2HF3O2/c1-21-10-13(8-20-21)11-22-5-4-14-7-16(25-17(14)12-22)18(23)19-9-15-3-2-6-24-15;3-2(4,5)1(6)7/h2-3,6,8,10,14,16-17H,4-5,7,9,11-12H2,1H3,(H,19,23);(H,6,7)/t14-,16+,17+;/m0./s1. The number of piperidine rings is 1. The van der Waals surface area contributed by atoms with Gasteiger partial charge in [-0.1, -0.05) is 0 Å². The van der Waals surface area contributed by atoms with E-state index in [0.717, 1.165) is 38.2 Å². The Morgan fingerprint density at radius 3 is 2.72 bits per heavy atom. The number of amides is 1. The van der Waals surface area contributed by atoms with Crippen molar-refractivity contribution in [2.45, 2.75) is 44.3 Å². The third-order valence-electron chi connectivity index (χ3n) is 5.35. The molecule has 4 heterocycles. The van der Waals surface area contributed by atoms with Crippen LogP contribution in [0.3, 0.4) is 0 Å². The molecule has 2 saturated heterocycles. The Labute approximate surface area is 182 Å². The Balaban J connectivity index is 0.000000360. The molecule has 2 fully saturated rings. The van der Waals surface area contributed by atoms with Gasteiger partial charge in [-0.15, -0.1) is 0 Å². The summed E-state index contributed by atoms with van der Waals surface area (Å²) in [5, 5.41) is 14.3. The van der Waals surface area contributed by atoms with E-state index in [9.17, 15) is 18.0 Å². The van der Waals surface area contributed by atoms with Crippen molar-refractivity contribution in [1.82, 2.24) is 20.0 Å². The highest BCUT2D eigenvalue weighted by Gasteiger charge is 2.41. The summed E-state index contributed by atoms with van der Waals surface area (Å²) < 4.78 is 44.9. The molecule has 0 unspecified atom stereocenters. The van der Waals surface area contributed by atoms with Crippen LogP contribution < -0.4 is 5.32 Å². The minimum atomic E-state index is -5.08. The van der Waals surface area contributed by atoms with Gasteiger partial charge < -0.3 is 19.6 Å². The summed E-state index contributed by atoms with van der Waals surface area (Å²) in [6.07, 6.45) is 2.17. The minimum absolute atomic E-state index is 0.0374. The van der Waals surface area contributed by atoms with Gasteiger partial charge in [-0.05, 0) is 37.4 Å². The fourth-order valence-corrected chi connectivity index (χ4v) is 3.82. The average molecular weight is 458 g/mol. The van der Waals surface area contributed by atoms with Gasteiger partial charge in [0.25, 0.3) is 0 Å². The zero-order valence-electron chi connectivity index (χ0n) is 17.4. The van der Waals surface area contributed by atoms with E-state index in [1.165, 1.54) is 5.56 Å². The number of ether oxygens (including phenoxy) is 1. The molecule has 0 bridgehead atoms. The summed E-state index contributed by atoms with van der Waals surface area (Å²) in [5.74, 6) is -1.56. The monoisotopic (exact) mass is 458 g/mol. The lowest BCUT2D eigenvalue weighted by Gasteiger charge is -2.33. The molecule has 3 atom stereocenters. The number of rotatable bonds is 5. The van der Waals surface area contributed by atoms with Gasteiger partial charge >= 0.3 is 12.1 Å². The Morgan fingerprint density at radius 2 is 2.12 bits per heavy atom. The van der Waals surface area contributed by atoms with Gasteiger partial charge in [0.15, 0.2) is 0 Å². The Kier molecular flexibility index (Phi) is 7.56. The quantitative estimate of drug-likeness (QED) is 0.705. The molecular weight excluding hydrogens is 433 g/mol. The van der Waals surface area contributed by atoms with Crippen LogP contribution in [0.4, 0.5) is 13.2 Å². The summed E-state index contributed by atoms with van der Waals surface area (Å²) in [5.41, 5.74) is 1.21. The van der Waals surface area contributed by atoms with Crippen molar-refractivity contribution in [1.29, 1.82) is 0 Å². The highest BCUT2D eigenvalue weighted by Crippen LogP contribution is 2.33. The number of nitrogens with one attached hydrogen (secondary N) is 1. The van der Waals surface area contributed by atoms with Crippen molar-refractivity contribution >= 4 is 11.9 Å².